The third kappa shape index (κ3) is 4.05. The van der Waals surface area contributed by atoms with E-state index in [1.54, 1.807) is 0 Å². The van der Waals surface area contributed by atoms with Crippen molar-refractivity contribution in [1.82, 2.24) is 0 Å². The van der Waals surface area contributed by atoms with E-state index in [-0.39, 0.29) is 17.8 Å². The van der Waals surface area contributed by atoms with Crippen LogP contribution in [0.3, 0.4) is 0 Å². The van der Waals surface area contributed by atoms with Crippen molar-refractivity contribution >= 4 is 17.7 Å². The van der Waals surface area contributed by atoms with Crippen molar-refractivity contribution < 1.29 is 23.1 Å². The van der Waals surface area contributed by atoms with Gasteiger partial charge in [-0.2, -0.15) is 13.2 Å². The SMILES string of the molecule is C#CCN(C)c1ccc(/C=C/C(=O)O)cc1C(F)(F)F. The van der Waals surface area contributed by atoms with Gasteiger partial charge in [-0.1, -0.05) is 12.0 Å². The Labute approximate surface area is 114 Å². The van der Waals surface area contributed by atoms with Crippen LogP contribution in [0.5, 0.6) is 0 Å². The summed E-state index contributed by atoms with van der Waals surface area (Å²) in [5, 5.41) is 8.48. The van der Waals surface area contributed by atoms with Crippen LogP contribution in [-0.4, -0.2) is 24.7 Å². The van der Waals surface area contributed by atoms with Crippen molar-refractivity contribution in [3.8, 4) is 12.3 Å². The van der Waals surface area contributed by atoms with Gasteiger partial charge >= 0.3 is 12.1 Å². The van der Waals surface area contributed by atoms with E-state index in [2.05, 4.69) is 5.92 Å². The molecule has 20 heavy (non-hydrogen) atoms. The average molecular weight is 283 g/mol. The van der Waals surface area contributed by atoms with Crippen LogP contribution >= 0.6 is 0 Å². The molecule has 0 aromatic heterocycles. The van der Waals surface area contributed by atoms with E-state index in [1.807, 2.05) is 0 Å². The van der Waals surface area contributed by atoms with E-state index in [0.29, 0.717) is 0 Å². The van der Waals surface area contributed by atoms with Gasteiger partial charge < -0.3 is 10.0 Å². The number of carboxylic acid groups (broad SMARTS) is 1. The Morgan fingerprint density at radius 1 is 1.50 bits per heavy atom. The van der Waals surface area contributed by atoms with Crippen molar-refractivity contribution in [3.05, 3.63) is 35.4 Å². The highest BCUT2D eigenvalue weighted by Gasteiger charge is 2.34. The highest BCUT2D eigenvalue weighted by atomic mass is 19.4. The molecule has 6 heteroatoms. The van der Waals surface area contributed by atoms with Crippen molar-refractivity contribution in [2.45, 2.75) is 6.18 Å². The molecular weight excluding hydrogens is 271 g/mol. The molecular formula is C14H12F3NO2. The first-order valence-corrected chi connectivity index (χ1v) is 5.52. The number of benzene rings is 1. The minimum absolute atomic E-state index is 0.0351. The lowest BCUT2D eigenvalue weighted by Crippen LogP contribution is -2.21. The quantitative estimate of drug-likeness (QED) is 0.682. The van der Waals surface area contributed by atoms with Gasteiger partial charge in [-0.15, -0.1) is 6.42 Å². The highest BCUT2D eigenvalue weighted by molar-refractivity contribution is 5.85. The number of aliphatic carboxylic acids is 1. The molecule has 1 aromatic carbocycles. The molecule has 0 fully saturated rings. The van der Waals surface area contributed by atoms with E-state index >= 15 is 0 Å². The molecule has 0 radical (unpaired) electrons. The zero-order valence-electron chi connectivity index (χ0n) is 10.6. The second-order valence-electron chi connectivity index (χ2n) is 4.01. The summed E-state index contributed by atoms with van der Waals surface area (Å²) in [5.74, 6) is 1.04. The summed E-state index contributed by atoms with van der Waals surface area (Å²) in [7, 11) is 1.46. The summed E-state index contributed by atoms with van der Waals surface area (Å²) >= 11 is 0. The van der Waals surface area contributed by atoms with Gasteiger partial charge in [-0.25, -0.2) is 4.79 Å². The zero-order valence-corrected chi connectivity index (χ0v) is 10.6. The molecule has 106 valence electrons. The fourth-order valence-electron chi connectivity index (χ4n) is 1.61. The van der Waals surface area contributed by atoms with Gasteiger partial charge in [0.25, 0.3) is 0 Å². The molecule has 1 rings (SSSR count). The van der Waals surface area contributed by atoms with Gasteiger partial charge in [0.15, 0.2) is 0 Å². The van der Waals surface area contributed by atoms with E-state index in [1.165, 1.54) is 24.1 Å². The van der Waals surface area contributed by atoms with Gasteiger partial charge in [-0.3, -0.25) is 0 Å². The topological polar surface area (TPSA) is 40.5 Å². The second-order valence-corrected chi connectivity index (χ2v) is 4.01. The lowest BCUT2D eigenvalue weighted by atomic mass is 10.1. The number of hydrogen-bond acceptors (Lipinski definition) is 2. The summed E-state index contributed by atoms with van der Waals surface area (Å²) in [6.07, 6.45) is 2.41. The zero-order chi connectivity index (χ0) is 15.3. The first-order chi connectivity index (χ1) is 9.25. The smallest absolute Gasteiger partial charge is 0.418 e. The molecule has 0 amide bonds. The summed E-state index contributed by atoms with van der Waals surface area (Å²) in [6, 6.07) is 3.56. The predicted molar refractivity (Wildman–Crippen MR) is 70.2 cm³/mol. The second kappa shape index (κ2) is 6.15. The minimum atomic E-state index is -4.55. The van der Waals surface area contributed by atoms with Crippen molar-refractivity contribution in [3.63, 3.8) is 0 Å². The van der Waals surface area contributed by atoms with Crippen LogP contribution in [0, 0.1) is 12.3 Å². The number of carbonyl (C=O) groups is 1. The van der Waals surface area contributed by atoms with Gasteiger partial charge in [-0.05, 0) is 23.8 Å². The largest absolute Gasteiger partial charge is 0.478 e. The minimum Gasteiger partial charge on any atom is -0.478 e. The van der Waals surface area contributed by atoms with Gasteiger partial charge in [0.1, 0.15) is 0 Å². The maximum atomic E-state index is 13.0. The summed E-state index contributed by atoms with van der Waals surface area (Å²) < 4.78 is 39.0. The van der Waals surface area contributed by atoms with Crippen LogP contribution in [-0.2, 0) is 11.0 Å². The number of terminal acetylenes is 1. The van der Waals surface area contributed by atoms with E-state index in [4.69, 9.17) is 11.5 Å². The van der Waals surface area contributed by atoms with E-state index in [0.717, 1.165) is 18.2 Å². The standard InChI is InChI=1S/C14H12F3NO2/c1-3-8-18(2)12-6-4-10(5-7-13(19)20)9-11(12)14(15,16)17/h1,4-7,9H,8H2,2H3,(H,19,20)/b7-5+. The Kier molecular flexibility index (Phi) is 4.81. The predicted octanol–water partition coefficient (Wildman–Crippen LogP) is 2.87. The molecule has 1 aromatic rings. The van der Waals surface area contributed by atoms with Gasteiger partial charge in [0.05, 0.1) is 12.1 Å². The molecule has 0 spiro atoms. The molecule has 0 aliphatic heterocycles. The van der Waals surface area contributed by atoms with Gasteiger partial charge in [0, 0.05) is 18.8 Å². The van der Waals surface area contributed by atoms with Crippen LogP contribution in [0.25, 0.3) is 6.08 Å². The number of rotatable bonds is 4. The molecule has 1 N–H and O–H groups in total. The molecule has 0 bridgehead atoms. The summed E-state index contributed by atoms with van der Waals surface area (Å²) in [4.78, 5) is 11.7. The maximum Gasteiger partial charge on any atom is 0.418 e. The molecule has 0 atom stereocenters. The highest BCUT2D eigenvalue weighted by Crippen LogP contribution is 2.37. The molecule has 0 aliphatic rings. The number of halogens is 3. The number of nitrogens with zero attached hydrogens (tertiary/aromatic N) is 1. The van der Waals surface area contributed by atoms with Gasteiger partial charge in [0.2, 0.25) is 0 Å². The molecule has 0 heterocycles. The first kappa shape index (κ1) is 15.6. The Morgan fingerprint density at radius 3 is 2.65 bits per heavy atom. The summed E-state index contributed by atoms with van der Waals surface area (Å²) in [5.41, 5.74) is -0.761. The third-order valence-electron chi connectivity index (χ3n) is 2.48. The van der Waals surface area contributed by atoms with Crippen LogP contribution in [0.4, 0.5) is 18.9 Å². The Hall–Kier alpha value is -2.42. The molecule has 0 aliphatic carbocycles. The fraction of sp³-hybridized carbons (Fsp3) is 0.214. The Bertz CT molecular complexity index is 571. The van der Waals surface area contributed by atoms with E-state index < -0.39 is 17.7 Å². The maximum absolute atomic E-state index is 13.0. The van der Waals surface area contributed by atoms with Crippen LogP contribution in [0.1, 0.15) is 11.1 Å². The summed E-state index contributed by atoms with van der Waals surface area (Å²) in [6.45, 7) is 0.0351. The normalized spacial score (nSPS) is 11.3. The van der Waals surface area contributed by atoms with E-state index in [9.17, 15) is 18.0 Å². The number of anilines is 1. The fourth-order valence-corrected chi connectivity index (χ4v) is 1.61. The lowest BCUT2D eigenvalue weighted by molar-refractivity contribution is -0.137. The van der Waals surface area contributed by atoms with Crippen LogP contribution in [0.15, 0.2) is 24.3 Å². The number of alkyl halides is 3. The average Bonchev–Trinajstić information content (AvgIpc) is 2.35. The monoisotopic (exact) mass is 283 g/mol. The number of hydrogen-bond donors (Lipinski definition) is 1. The van der Waals surface area contributed by atoms with Crippen molar-refractivity contribution in [2.24, 2.45) is 0 Å². The number of carboxylic acids is 1. The van der Waals surface area contributed by atoms with Crippen molar-refractivity contribution in [2.75, 3.05) is 18.5 Å². The lowest BCUT2D eigenvalue weighted by Gasteiger charge is -2.22. The molecule has 0 saturated carbocycles. The molecule has 0 saturated heterocycles. The molecule has 3 nitrogen and oxygen atoms in total. The Morgan fingerprint density at radius 2 is 2.15 bits per heavy atom. The van der Waals surface area contributed by atoms with Crippen LogP contribution < -0.4 is 4.90 Å². The first-order valence-electron chi connectivity index (χ1n) is 5.52. The van der Waals surface area contributed by atoms with Crippen LogP contribution in [0.2, 0.25) is 0 Å². The Balaban J connectivity index is 3.28. The molecule has 0 unspecified atom stereocenters. The van der Waals surface area contributed by atoms with Crippen molar-refractivity contribution in [1.29, 1.82) is 0 Å². The third-order valence-corrected chi connectivity index (χ3v) is 2.48.